The molecule has 0 aromatic heterocycles. The molecule has 0 rings (SSSR count). The van der Waals surface area contributed by atoms with Crippen LogP contribution < -0.4 is 5.11 Å². The van der Waals surface area contributed by atoms with Crippen molar-refractivity contribution < 1.29 is 74.3 Å². The summed E-state index contributed by atoms with van der Waals surface area (Å²) in [6.07, 6.45) is 0. The van der Waals surface area contributed by atoms with E-state index in [0.29, 0.717) is 0 Å². The molecule has 0 aliphatic heterocycles. The monoisotopic (exact) mass is 254 g/mol. The Bertz CT molecular complexity index is 35.9. The van der Waals surface area contributed by atoms with E-state index in [0.717, 1.165) is 6.92 Å². The molecule has 0 aromatic carbocycles. The molecule has 32 valence electrons. The Hall–Kier alpha value is 1.42. The van der Waals surface area contributed by atoms with Gasteiger partial charge in [0.2, 0.25) is 0 Å². The Morgan fingerprint density at radius 1 is 1.57 bits per heavy atom. The maximum Gasteiger partial charge on any atom is 4.00 e. The first-order valence-electron chi connectivity index (χ1n) is 0.908. The molecule has 0 bridgehead atoms. The maximum absolute atomic E-state index is 8.89. The summed E-state index contributed by atoms with van der Waals surface area (Å²) >= 11 is 0. The van der Waals surface area contributed by atoms with Gasteiger partial charge >= 0.3 is 58.9 Å². The van der Waals surface area contributed by atoms with Gasteiger partial charge in [0.1, 0.15) is 0 Å². The normalized spacial score (nSPS) is 3.57. The number of carbonyl (C=O) groups excluding carboxylic acids is 1. The summed E-state index contributed by atoms with van der Waals surface area (Å²) in [6.45, 7) is 0.972. The van der Waals surface area contributed by atoms with Crippen molar-refractivity contribution in [3.8, 4) is 0 Å². The summed E-state index contributed by atoms with van der Waals surface area (Å²) in [5.74, 6) is -1.08. The molecule has 0 unspecified atom stereocenters. The second kappa shape index (κ2) is 15.7. The van der Waals surface area contributed by atoms with Gasteiger partial charge in [0, 0.05) is 5.97 Å². The Kier molecular flexibility index (Phi) is 53.1. The van der Waals surface area contributed by atoms with Crippen LogP contribution in [-0.4, -0.2) is 5.97 Å². The predicted molar refractivity (Wildman–Crippen MR) is 11.4 cm³/mol. The zero-order valence-corrected chi connectivity index (χ0v) is 9.10. The number of carbonyl (C=O) groups is 1. The van der Waals surface area contributed by atoms with Crippen LogP contribution in [-0.2, 0) is 69.2 Å². The van der Waals surface area contributed by atoms with Gasteiger partial charge in [0.05, 0.1) is 0 Å². The molecule has 0 spiro atoms. The molecule has 0 saturated carbocycles. The topological polar surface area (TPSA) is 68.6 Å². The predicted octanol–water partition coefficient (Wildman–Crippen LogP) is -1.37. The summed E-state index contributed by atoms with van der Waals surface area (Å²) in [5.41, 5.74) is 0. The minimum absolute atomic E-state index is 0. The van der Waals surface area contributed by atoms with Gasteiger partial charge in [0.25, 0.3) is 0 Å². The molecule has 7 heavy (non-hydrogen) atoms. The van der Waals surface area contributed by atoms with Gasteiger partial charge in [-0.1, -0.05) is 0 Å². The number of carboxylic acid groups (broad SMARTS) is 1. The van der Waals surface area contributed by atoms with Crippen molar-refractivity contribution in [2.75, 3.05) is 0 Å². The third kappa shape index (κ3) is 108. The van der Waals surface area contributed by atoms with Gasteiger partial charge in [-0.3, -0.25) is 0 Å². The number of rotatable bonds is 0. The van der Waals surface area contributed by atoms with E-state index in [1.54, 1.807) is 0 Å². The van der Waals surface area contributed by atoms with Crippen LogP contribution in [0.3, 0.4) is 0 Å². The Morgan fingerprint density at radius 3 is 1.57 bits per heavy atom. The van der Waals surface area contributed by atoms with E-state index in [2.05, 4.69) is 0 Å². The van der Waals surface area contributed by atoms with Gasteiger partial charge in [-0.05, 0) is 6.92 Å². The fraction of sp³-hybridized carbons (Fsp3) is 0.500. The van der Waals surface area contributed by atoms with E-state index < -0.39 is 5.97 Å². The van der Waals surface area contributed by atoms with E-state index >= 15 is 0 Å². The minimum Gasteiger partial charge on any atom is -2.00 e. The number of carboxylic acids is 1. The number of hydrogen-bond donors (Lipinski definition) is 0. The van der Waals surface area contributed by atoms with Gasteiger partial charge in [-0.15, -0.1) is 0 Å². The molecule has 0 aliphatic rings. The van der Waals surface area contributed by atoms with Crippen LogP contribution in [0.4, 0.5) is 0 Å². The minimum atomic E-state index is -1.08. The van der Waals surface area contributed by atoms with Crippen molar-refractivity contribution >= 4 is 5.97 Å². The summed E-state index contributed by atoms with van der Waals surface area (Å²) in [5, 5.41) is 8.89. The fourth-order valence-electron chi connectivity index (χ4n) is 0. The van der Waals surface area contributed by atoms with Gasteiger partial charge in [0.15, 0.2) is 0 Å². The summed E-state index contributed by atoms with van der Waals surface area (Å²) in [4.78, 5) is 8.89. The van der Waals surface area contributed by atoms with Crippen LogP contribution >= 0.6 is 0 Å². The van der Waals surface area contributed by atoms with Crippen molar-refractivity contribution in [2.45, 2.75) is 6.92 Å². The van der Waals surface area contributed by atoms with E-state index in [-0.39, 0.29) is 64.4 Å². The average Bonchev–Trinajstić information content (AvgIpc) is 0.811. The Balaban J connectivity index is -0.0000000150. The molecule has 0 amide bonds. The quantitative estimate of drug-likeness (QED) is 0.536. The van der Waals surface area contributed by atoms with E-state index in [1.807, 2.05) is 0 Å². The molecule has 0 N–H and O–H groups in total. The fourth-order valence-corrected chi connectivity index (χ4v) is 0. The van der Waals surface area contributed by atoms with Gasteiger partial charge in [-0.2, -0.15) is 0 Å². The van der Waals surface area contributed by atoms with Crippen molar-refractivity contribution in [3.63, 3.8) is 0 Å². The Morgan fingerprint density at radius 2 is 1.57 bits per heavy atom. The molecular weight excluding hydrogens is 252 g/mol. The average molecular weight is 255 g/mol. The standard InChI is InChI=1S/C2H4O2.O.Y.Zr/c1-2(3)4;;;/h1H3,(H,3,4);;;/q;-2;+3;+4/p-1. The third-order valence-corrected chi connectivity index (χ3v) is 0. The number of hydrogen-bond acceptors (Lipinski definition) is 2. The largest absolute Gasteiger partial charge is 4.00 e. The van der Waals surface area contributed by atoms with Crippen LogP contribution in [0.5, 0.6) is 0 Å². The molecule has 0 aromatic rings. The smallest absolute Gasteiger partial charge is 2.00 e. The molecule has 5 heteroatoms. The van der Waals surface area contributed by atoms with E-state index in [4.69, 9.17) is 9.90 Å². The van der Waals surface area contributed by atoms with Crippen LogP contribution in [0.2, 0.25) is 0 Å². The van der Waals surface area contributed by atoms with Crippen molar-refractivity contribution in [1.29, 1.82) is 0 Å². The van der Waals surface area contributed by atoms with E-state index in [9.17, 15) is 0 Å². The van der Waals surface area contributed by atoms with Gasteiger partial charge in [-0.25, -0.2) is 0 Å². The first-order valence-corrected chi connectivity index (χ1v) is 0.908. The SMILES string of the molecule is CC(=O)[O-].[O-2].[Y+3].[Zr+4]. The molecule has 0 radical (unpaired) electrons. The molecule has 0 fully saturated rings. The van der Waals surface area contributed by atoms with Crippen molar-refractivity contribution in [1.82, 2.24) is 0 Å². The third-order valence-electron chi connectivity index (χ3n) is 0. The summed E-state index contributed by atoms with van der Waals surface area (Å²) in [7, 11) is 0. The second-order valence-corrected chi connectivity index (χ2v) is 0.492. The van der Waals surface area contributed by atoms with Crippen LogP contribution in [0.1, 0.15) is 6.92 Å². The van der Waals surface area contributed by atoms with Crippen molar-refractivity contribution in [2.24, 2.45) is 0 Å². The zero-order chi connectivity index (χ0) is 3.58. The first kappa shape index (κ1) is 23.7. The van der Waals surface area contributed by atoms with Crippen LogP contribution in [0, 0.1) is 0 Å². The molecule has 0 heterocycles. The molecular formula is C2H3O3YZr+4. The molecule has 0 atom stereocenters. The summed E-state index contributed by atoms with van der Waals surface area (Å²) in [6, 6.07) is 0. The number of aliphatic carboxylic acids is 1. The van der Waals surface area contributed by atoms with Crippen molar-refractivity contribution in [3.05, 3.63) is 0 Å². The second-order valence-electron chi connectivity index (χ2n) is 0.492. The Labute approximate surface area is 86.2 Å². The van der Waals surface area contributed by atoms with Crippen LogP contribution in [0.15, 0.2) is 0 Å². The molecule has 3 nitrogen and oxygen atoms in total. The first-order chi connectivity index (χ1) is 1.73. The van der Waals surface area contributed by atoms with E-state index in [1.165, 1.54) is 0 Å². The molecule has 0 saturated heterocycles. The molecule has 0 aliphatic carbocycles. The summed E-state index contributed by atoms with van der Waals surface area (Å²) < 4.78 is 0. The zero-order valence-electron chi connectivity index (χ0n) is 3.80. The maximum atomic E-state index is 8.89. The van der Waals surface area contributed by atoms with Gasteiger partial charge < -0.3 is 15.4 Å². The van der Waals surface area contributed by atoms with Crippen LogP contribution in [0.25, 0.3) is 0 Å².